The normalized spacial score (nSPS) is 12.5. The SMILES string of the molecule is Cc1cc(C(Cl)c2cccc(Cl)c2)ccc1F. The Hall–Kier alpha value is -1.05. The number of aryl methyl sites for hydroxylation is 1. The minimum atomic E-state index is -0.312. The van der Waals surface area contributed by atoms with E-state index >= 15 is 0 Å². The van der Waals surface area contributed by atoms with Crippen LogP contribution >= 0.6 is 23.2 Å². The molecule has 0 heterocycles. The summed E-state index contributed by atoms with van der Waals surface area (Å²) in [7, 11) is 0. The Bertz CT molecular complexity index is 537. The van der Waals surface area contributed by atoms with Gasteiger partial charge in [-0.3, -0.25) is 0 Å². The van der Waals surface area contributed by atoms with E-state index in [2.05, 4.69) is 0 Å². The maximum atomic E-state index is 13.2. The van der Waals surface area contributed by atoms with Crippen LogP contribution in [0.5, 0.6) is 0 Å². The summed E-state index contributed by atoms with van der Waals surface area (Å²) in [6, 6.07) is 12.3. The Balaban J connectivity index is 2.36. The maximum absolute atomic E-state index is 13.2. The van der Waals surface area contributed by atoms with Gasteiger partial charge in [-0.05, 0) is 41.8 Å². The molecule has 88 valence electrons. The van der Waals surface area contributed by atoms with E-state index in [9.17, 15) is 4.39 Å². The van der Waals surface area contributed by atoms with E-state index < -0.39 is 0 Å². The van der Waals surface area contributed by atoms with E-state index in [1.165, 1.54) is 6.07 Å². The molecule has 0 saturated carbocycles. The van der Waals surface area contributed by atoms with Crippen LogP contribution in [0.4, 0.5) is 4.39 Å². The molecule has 2 aromatic carbocycles. The Labute approximate surface area is 110 Å². The van der Waals surface area contributed by atoms with Gasteiger partial charge in [-0.25, -0.2) is 4.39 Å². The standard InChI is InChI=1S/C14H11Cl2F/c1-9-7-11(5-6-13(9)17)14(16)10-3-2-4-12(15)8-10/h2-8,14H,1H3. The highest BCUT2D eigenvalue weighted by Crippen LogP contribution is 2.30. The second-order valence-corrected chi connectivity index (χ2v) is 4.80. The summed E-state index contributed by atoms with van der Waals surface area (Å²) in [6.07, 6.45) is 0. The number of hydrogen-bond donors (Lipinski definition) is 0. The third kappa shape index (κ3) is 2.80. The second kappa shape index (κ2) is 5.07. The maximum Gasteiger partial charge on any atom is 0.126 e. The number of benzene rings is 2. The molecule has 0 bridgehead atoms. The fourth-order valence-electron chi connectivity index (χ4n) is 1.68. The van der Waals surface area contributed by atoms with Crippen molar-refractivity contribution >= 4 is 23.2 Å². The van der Waals surface area contributed by atoms with Gasteiger partial charge in [0.15, 0.2) is 0 Å². The van der Waals surface area contributed by atoms with Gasteiger partial charge in [0.1, 0.15) is 5.82 Å². The molecule has 0 nitrogen and oxygen atoms in total. The molecule has 17 heavy (non-hydrogen) atoms. The van der Waals surface area contributed by atoms with Crippen LogP contribution in [0.15, 0.2) is 42.5 Å². The molecule has 0 amide bonds. The molecule has 0 radical (unpaired) electrons. The zero-order chi connectivity index (χ0) is 12.4. The fraction of sp³-hybridized carbons (Fsp3) is 0.143. The number of hydrogen-bond acceptors (Lipinski definition) is 0. The topological polar surface area (TPSA) is 0 Å². The Morgan fingerprint density at radius 2 is 1.76 bits per heavy atom. The van der Waals surface area contributed by atoms with Crippen molar-refractivity contribution in [2.45, 2.75) is 12.3 Å². The van der Waals surface area contributed by atoms with Gasteiger partial charge in [0.2, 0.25) is 0 Å². The molecular formula is C14H11Cl2F. The molecule has 0 aromatic heterocycles. The molecule has 2 rings (SSSR count). The van der Waals surface area contributed by atoms with E-state index in [1.54, 1.807) is 25.1 Å². The van der Waals surface area contributed by atoms with Gasteiger partial charge in [-0.15, -0.1) is 11.6 Å². The van der Waals surface area contributed by atoms with E-state index in [-0.39, 0.29) is 11.2 Å². The molecule has 0 aliphatic heterocycles. The summed E-state index contributed by atoms with van der Waals surface area (Å²) in [5, 5.41) is 0.333. The van der Waals surface area contributed by atoms with Crippen molar-refractivity contribution in [2.75, 3.05) is 0 Å². The van der Waals surface area contributed by atoms with E-state index in [1.807, 2.05) is 18.2 Å². The summed E-state index contributed by atoms with van der Waals surface area (Å²) in [4.78, 5) is 0. The number of halogens is 3. The first-order chi connectivity index (χ1) is 8.08. The third-order valence-electron chi connectivity index (χ3n) is 2.62. The Morgan fingerprint density at radius 1 is 1.06 bits per heavy atom. The number of alkyl halides is 1. The zero-order valence-electron chi connectivity index (χ0n) is 9.25. The number of rotatable bonds is 2. The average molecular weight is 269 g/mol. The van der Waals surface area contributed by atoms with Crippen LogP contribution in [0.1, 0.15) is 22.1 Å². The lowest BCUT2D eigenvalue weighted by Crippen LogP contribution is -1.95. The Morgan fingerprint density at radius 3 is 2.41 bits per heavy atom. The van der Waals surface area contributed by atoms with Crippen LogP contribution in [0, 0.1) is 12.7 Å². The first kappa shape index (κ1) is 12.4. The summed E-state index contributed by atoms with van der Waals surface area (Å²) in [6.45, 7) is 1.72. The molecule has 1 unspecified atom stereocenters. The lowest BCUT2D eigenvalue weighted by atomic mass is 10.0. The van der Waals surface area contributed by atoms with Crippen molar-refractivity contribution in [1.29, 1.82) is 0 Å². The van der Waals surface area contributed by atoms with Crippen LogP contribution in [0.25, 0.3) is 0 Å². The molecule has 0 fully saturated rings. The fourth-order valence-corrected chi connectivity index (χ4v) is 2.15. The van der Waals surface area contributed by atoms with Gasteiger partial charge in [0.25, 0.3) is 0 Å². The molecule has 0 saturated heterocycles. The third-order valence-corrected chi connectivity index (χ3v) is 3.36. The van der Waals surface area contributed by atoms with Gasteiger partial charge in [-0.1, -0.05) is 35.9 Å². The predicted octanol–water partition coefficient (Wildman–Crippen LogP) is 5.12. The Kier molecular flexibility index (Phi) is 3.70. The molecule has 2 aromatic rings. The highest BCUT2D eigenvalue weighted by molar-refractivity contribution is 6.30. The summed E-state index contributed by atoms with van der Waals surface area (Å²) in [5.74, 6) is -0.219. The largest absolute Gasteiger partial charge is 0.207 e. The molecule has 0 spiro atoms. The lowest BCUT2D eigenvalue weighted by Gasteiger charge is -2.11. The molecule has 3 heteroatoms. The molecule has 0 aliphatic carbocycles. The molecule has 0 N–H and O–H groups in total. The van der Waals surface area contributed by atoms with E-state index in [0.29, 0.717) is 10.6 Å². The lowest BCUT2D eigenvalue weighted by molar-refractivity contribution is 0.617. The molecular weight excluding hydrogens is 258 g/mol. The van der Waals surface area contributed by atoms with Crippen LogP contribution < -0.4 is 0 Å². The minimum absolute atomic E-state index is 0.219. The van der Waals surface area contributed by atoms with E-state index in [0.717, 1.165) is 11.1 Å². The van der Waals surface area contributed by atoms with Gasteiger partial charge in [-0.2, -0.15) is 0 Å². The van der Waals surface area contributed by atoms with Crippen molar-refractivity contribution in [1.82, 2.24) is 0 Å². The first-order valence-corrected chi connectivity index (χ1v) is 6.05. The zero-order valence-corrected chi connectivity index (χ0v) is 10.8. The predicted molar refractivity (Wildman–Crippen MR) is 70.3 cm³/mol. The highest BCUT2D eigenvalue weighted by Gasteiger charge is 2.12. The summed E-state index contributed by atoms with van der Waals surface area (Å²) < 4.78 is 13.2. The van der Waals surface area contributed by atoms with Gasteiger partial charge in [0, 0.05) is 5.02 Å². The van der Waals surface area contributed by atoms with Gasteiger partial charge >= 0.3 is 0 Å². The minimum Gasteiger partial charge on any atom is -0.207 e. The summed E-state index contributed by atoms with van der Waals surface area (Å²) >= 11 is 12.3. The van der Waals surface area contributed by atoms with Crippen molar-refractivity contribution in [3.05, 3.63) is 70.0 Å². The van der Waals surface area contributed by atoms with Gasteiger partial charge in [0.05, 0.1) is 5.38 Å². The smallest absolute Gasteiger partial charge is 0.126 e. The highest BCUT2D eigenvalue weighted by atomic mass is 35.5. The van der Waals surface area contributed by atoms with Crippen LogP contribution in [0.2, 0.25) is 5.02 Å². The quantitative estimate of drug-likeness (QED) is 0.664. The first-order valence-electron chi connectivity index (χ1n) is 5.23. The van der Waals surface area contributed by atoms with Crippen LogP contribution in [-0.4, -0.2) is 0 Å². The van der Waals surface area contributed by atoms with Crippen molar-refractivity contribution in [3.8, 4) is 0 Å². The molecule has 1 atom stereocenters. The van der Waals surface area contributed by atoms with Crippen molar-refractivity contribution < 1.29 is 4.39 Å². The second-order valence-electron chi connectivity index (χ2n) is 3.93. The van der Waals surface area contributed by atoms with Crippen molar-refractivity contribution in [3.63, 3.8) is 0 Å². The van der Waals surface area contributed by atoms with Crippen molar-refractivity contribution in [2.24, 2.45) is 0 Å². The molecule has 0 aliphatic rings. The van der Waals surface area contributed by atoms with Crippen LogP contribution in [0.3, 0.4) is 0 Å². The van der Waals surface area contributed by atoms with Crippen LogP contribution in [-0.2, 0) is 0 Å². The van der Waals surface area contributed by atoms with E-state index in [4.69, 9.17) is 23.2 Å². The average Bonchev–Trinajstić information content (AvgIpc) is 2.32. The summed E-state index contributed by atoms with van der Waals surface area (Å²) in [5.41, 5.74) is 2.37. The monoisotopic (exact) mass is 268 g/mol. The van der Waals surface area contributed by atoms with Gasteiger partial charge < -0.3 is 0 Å².